The fourth-order valence-electron chi connectivity index (χ4n) is 2.90. The van der Waals surface area contributed by atoms with Crippen LogP contribution in [0, 0.1) is 0 Å². The van der Waals surface area contributed by atoms with E-state index in [0.29, 0.717) is 24.3 Å². The van der Waals surface area contributed by atoms with Crippen LogP contribution in [0.2, 0.25) is 0 Å². The molecule has 1 heterocycles. The molecule has 1 aliphatic rings. The maximum Gasteiger partial charge on any atom is 0.251 e. The summed E-state index contributed by atoms with van der Waals surface area (Å²) in [4.78, 5) is 12.4. The van der Waals surface area contributed by atoms with Gasteiger partial charge in [0.05, 0.1) is 17.0 Å². The highest BCUT2D eigenvalue weighted by Crippen LogP contribution is 2.23. The molecule has 6 heteroatoms. The van der Waals surface area contributed by atoms with Gasteiger partial charge < -0.3 is 10.1 Å². The Morgan fingerprint density at radius 3 is 2.40 bits per heavy atom. The third kappa shape index (κ3) is 4.60. The van der Waals surface area contributed by atoms with Gasteiger partial charge in [0.1, 0.15) is 12.4 Å². The van der Waals surface area contributed by atoms with Gasteiger partial charge in [0.2, 0.25) is 0 Å². The zero-order valence-corrected chi connectivity index (χ0v) is 14.9. The lowest BCUT2D eigenvalue weighted by Gasteiger charge is -2.23. The summed E-state index contributed by atoms with van der Waals surface area (Å²) in [5, 5.41) is 2.85. The lowest BCUT2D eigenvalue weighted by Crippen LogP contribution is -2.46. The summed E-state index contributed by atoms with van der Waals surface area (Å²) < 4.78 is 29.0. The molecule has 0 radical (unpaired) electrons. The van der Waals surface area contributed by atoms with Crippen molar-refractivity contribution < 1.29 is 17.9 Å². The third-order valence-electron chi connectivity index (χ3n) is 4.28. The van der Waals surface area contributed by atoms with Crippen molar-refractivity contribution in [2.75, 3.05) is 11.5 Å². The summed E-state index contributed by atoms with van der Waals surface area (Å²) in [6.07, 6.45) is 0.444. The minimum absolute atomic E-state index is 0.00991. The van der Waals surface area contributed by atoms with Gasteiger partial charge in [-0.05, 0) is 43.2 Å². The van der Waals surface area contributed by atoms with Gasteiger partial charge in [0, 0.05) is 5.56 Å². The molecule has 1 amide bonds. The summed E-state index contributed by atoms with van der Waals surface area (Å²) >= 11 is 0. The molecule has 132 valence electrons. The minimum atomic E-state index is -3.06. The SMILES string of the molecule is C[C@@]1(NC(=O)c2ccc(OCc3ccccc3)cc2)CCS(=O)(=O)C1. The molecule has 0 bridgehead atoms. The Balaban J connectivity index is 1.59. The number of sulfone groups is 1. The number of hydrogen-bond donors (Lipinski definition) is 1. The summed E-state index contributed by atoms with van der Waals surface area (Å²) in [6, 6.07) is 16.7. The molecule has 5 nitrogen and oxygen atoms in total. The summed E-state index contributed by atoms with van der Waals surface area (Å²) in [6.45, 7) is 2.23. The number of carbonyl (C=O) groups excluding carboxylic acids is 1. The molecule has 2 aromatic carbocycles. The van der Waals surface area contributed by atoms with Crippen LogP contribution in [-0.4, -0.2) is 31.4 Å². The van der Waals surface area contributed by atoms with Gasteiger partial charge in [-0.25, -0.2) is 8.42 Å². The first-order valence-electron chi connectivity index (χ1n) is 8.15. The van der Waals surface area contributed by atoms with E-state index in [9.17, 15) is 13.2 Å². The van der Waals surface area contributed by atoms with Crippen molar-refractivity contribution in [3.8, 4) is 5.75 Å². The quantitative estimate of drug-likeness (QED) is 0.891. The van der Waals surface area contributed by atoms with E-state index in [-0.39, 0.29) is 17.4 Å². The second kappa shape index (κ2) is 6.88. The van der Waals surface area contributed by atoms with Crippen LogP contribution in [0.5, 0.6) is 5.75 Å². The molecule has 1 N–H and O–H groups in total. The molecule has 2 aromatic rings. The Morgan fingerprint density at radius 2 is 1.80 bits per heavy atom. The fourth-order valence-corrected chi connectivity index (χ4v) is 4.99. The van der Waals surface area contributed by atoms with Crippen molar-refractivity contribution in [3.05, 3.63) is 65.7 Å². The highest BCUT2D eigenvalue weighted by atomic mass is 32.2. The summed E-state index contributed by atoms with van der Waals surface area (Å²) in [5.74, 6) is 0.518. The van der Waals surface area contributed by atoms with Crippen LogP contribution in [0.3, 0.4) is 0 Å². The number of amides is 1. The molecule has 0 aromatic heterocycles. The molecule has 1 fully saturated rings. The van der Waals surface area contributed by atoms with Crippen LogP contribution in [0.25, 0.3) is 0 Å². The summed E-state index contributed by atoms with van der Waals surface area (Å²) in [7, 11) is -3.06. The van der Waals surface area contributed by atoms with E-state index < -0.39 is 15.4 Å². The second-order valence-corrected chi connectivity index (χ2v) is 8.84. The fraction of sp³-hybridized carbons (Fsp3) is 0.316. The van der Waals surface area contributed by atoms with Gasteiger partial charge in [0.25, 0.3) is 5.91 Å². The number of benzene rings is 2. The van der Waals surface area contributed by atoms with Gasteiger partial charge in [-0.15, -0.1) is 0 Å². The predicted molar refractivity (Wildman–Crippen MR) is 96.4 cm³/mol. The molecule has 1 atom stereocenters. The van der Waals surface area contributed by atoms with Crippen molar-refractivity contribution in [1.29, 1.82) is 0 Å². The normalized spacial score (nSPS) is 21.6. The van der Waals surface area contributed by atoms with E-state index in [2.05, 4.69) is 5.32 Å². The van der Waals surface area contributed by atoms with E-state index in [1.807, 2.05) is 30.3 Å². The Bertz CT molecular complexity index is 847. The van der Waals surface area contributed by atoms with E-state index >= 15 is 0 Å². The number of nitrogens with one attached hydrogen (secondary N) is 1. The molecule has 3 rings (SSSR count). The average Bonchev–Trinajstić information content (AvgIpc) is 2.87. The van der Waals surface area contributed by atoms with Crippen LogP contribution >= 0.6 is 0 Å². The van der Waals surface area contributed by atoms with E-state index in [4.69, 9.17) is 4.74 Å². The number of hydrogen-bond acceptors (Lipinski definition) is 4. The van der Waals surface area contributed by atoms with Gasteiger partial charge in [-0.1, -0.05) is 30.3 Å². The van der Waals surface area contributed by atoms with Gasteiger partial charge in [-0.3, -0.25) is 4.79 Å². The highest BCUT2D eigenvalue weighted by Gasteiger charge is 2.39. The van der Waals surface area contributed by atoms with Gasteiger partial charge >= 0.3 is 0 Å². The van der Waals surface area contributed by atoms with Crippen molar-refractivity contribution >= 4 is 15.7 Å². The molecule has 0 saturated carbocycles. The molecular weight excluding hydrogens is 338 g/mol. The Kier molecular flexibility index (Phi) is 4.81. The molecule has 1 aliphatic heterocycles. The van der Waals surface area contributed by atoms with Crippen LogP contribution in [-0.2, 0) is 16.4 Å². The summed E-state index contributed by atoms with van der Waals surface area (Å²) in [5.41, 5.74) is 0.857. The van der Waals surface area contributed by atoms with Gasteiger partial charge in [0.15, 0.2) is 9.84 Å². The van der Waals surface area contributed by atoms with E-state index in [1.54, 1.807) is 31.2 Å². The molecule has 25 heavy (non-hydrogen) atoms. The lowest BCUT2D eigenvalue weighted by molar-refractivity contribution is 0.0915. The van der Waals surface area contributed by atoms with Crippen molar-refractivity contribution in [2.24, 2.45) is 0 Å². The first-order valence-corrected chi connectivity index (χ1v) is 9.97. The number of ether oxygens (including phenoxy) is 1. The van der Waals surface area contributed by atoms with Crippen molar-refractivity contribution in [2.45, 2.75) is 25.5 Å². The average molecular weight is 359 g/mol. The molecule has 0 unspecified atom stereocenters. The van der Waals surface area contributed by atoms with Crippen LogP contribution in [0.4, 0.5) is 0 Å². The third-order valence-corrected chi connectivity index (χ3v) is 6.19. The Morgan fingerprint density at radius 1 is 1.12 bits per heavy atom. The van der Waals surface area contributed by atoms with Crippen LogP contribution in [0.1, 0.15) is 29.3 Å². The second-order valence-electron chi connectivity index (χ2n) is 6.66. The van der Waals surface area contributed by atoms with E-state index in [0.717, 1.165) is 5.56 Å². The largest absolute Gasteiger partial charge is 0.489 e. The topological polar surface area (TPSA) is 72.5 Å². The maximum absolute atomic E-state index is 12.4. The minimum Gasteiger partial charge on any atom is -0.489 e. The van der Waals surface area contributed by atoms with Gasteiger partial charge in [-0.2, -0.15) is 0 Å². The molecule has 0 aliphatic carbocycles. The van der Waals surface area contributed by atoms with Crippen molar-refractivity contribution in [3.63, 3.8) is 0 Å². The maximum atomic E-state index is 12.4. The van der Waals surface area contributed by atoms with Crippen LogP contribution < -0.4 is 10.1 Å². The molecule has 0 spiro atoms. The zero-order valence-electron chi connectivity index (χ0n) is 14.1. The first-order chi connectivity index (χ1) is 11.9. The van der Waals surface area contributed by atoms with Crippen LogP contribution in [0.15, 0.2) is 54.6 Å². The zero-order chi connectivity index (χ0) is 17.9. The smallest absolute Gasteiger partial charge is 0.251 e. The lowest BCUT2D eigenvalue weighted by atomic mass is 10.0. The molecular formula is C19H21NO4S. The predicted octanol–water partition coefficient (Wildman–Crippen LogP) is 2.57. The Hall–Kier alpha value is -2.34. The highest BCUT2D eigenvalue weighted by molar-refractivity contribution is 7.91. The first kappa shape index (κ1) is 17.5. The monoisotopic (exact) mass is 359 g/mol. The Labute approximate surface area is 147 Å². The van der Waals surface area contributed by atoms with E-state index in [1.165, 1.54) is 0 Å². The standard InChI is InChI=1S/C19H21NO4S/c1-19(11-12-25(22,23)14-19)20-18(21)16-7-9-17(10-8-16)24-13-15-5-3-2-4-6-15/h2-10H,11-14H2,1H3,(H,20,21)/t19-/m1/s1. The molecule has 1 saturated heterocycles. The number of rotatable bonds is 5. The number of carbonyl (C=O) groups is 1. The van der Waals surface area contributed by atoms with Crippen molar-refractivity contribution in [1.82, 2.24) is 5.32 Å².